The molecule has 1 aliphatic carbocycles. The quantitative estimate of drug-likeness (QED) is 0.745. The van der Waals surface area contributed by atoms with E-state index in [0.717, 1.165) is 23.0 Å². The van der Waals surface area contributed by atoms with Crippen molar-refractivity contribution >= 4 is 28.4 Å². The van der Waals surface area contributed by atoms with Crippen LogP contribution >= 0.6 is 0 Å². The molecule has 0 saturated heterocycles. The van der Waals surface area contributed by atoms with Crippen molar-refractivity contribution in [2.24, 2.45) is 5.92 Å². The highest BCUT2D eigenvalue weighted by Crippen LogP contribution is 2.47. The van der Waals surface area contributed by atoms with Gasteiger partial charge in [0.2, 0.25) is 11.8 Å². The molecule has 0 aliphatic heterocycles. The molecule has 1 fully saturated rings. The molecule has 132 valence electrons. The highest BCUT2D eigenvalue weighted by atomic mass is 16.2. The third kappa shape index (κ3) is 3.20. The van der Waals surface area contributed by atoms with E-state index in [1.54, 1.807) is 7.05 Å². The van der Waals surface area contributed by atoms with Crippen LogP contribution in [0.2, 0.25) is 0 Å². The third-order valence-electron chi connectivity index (χ3n) is 4.99. The number of likely N-dealkylation sites (N-methyl/N-ethyl adjacent to an activating group) is 1. The summed E-state index contributed by atoms with van der Waals surface area (Å²) in [4.78, 5) is 24.2. The smallest absolute Gasteiger partial charge is 0.239 e. The second kappa shape index (κ2) is 6.67. The van der Waals surface area contributed by atoms with Gasteiger partial charge in [-0.25, -0.2) is 0 Å². The zero-order valence-corrected chi connectivity index (χ0v) is 14.6. The van der Waals surface area contributed by atoms with Crippen LogP contribution in [0, 0.1) is 5.92 Å². The zero-order valence-electron chi connectivity index (χ0n) is 14.6. The Morgan fingerprint density at radius 1 is 1.12 bits per heavy atom. The molecule has 0 bridgehead atoms. The van der Waals surface area contributed by atoms with Crippen LogP contribution in [0.15, 0.2) is 60.8 Å². The first-order chi connectivity index (χ1) is 12.7. The molecule has 0 spiro atoms. The number of amides is 2. The van der Waals surface area contributed by atoms with Crippen molar-refractivity contribution in [2.45, 2.75) is 18.9 Å². The molecule has 1 saturated carbocycles. The third-order valence-corrected chi connectivity index (χ3v) is 4.99. The average molecular weight is 347 g/mol. The summed E-state index contributed by atoms with van der Waals surface area (Å²) in [7, 11) is 1.62. The molecule has 2 amide bonds. The average Bonchev–Trinajstić information content (AvgIpc) is 3.39. The lowest BCUT2D eigenvalue weighted by atomic mass is 10.1. The van der Waals surface area contributed by atoms with Crippen LogP contribution in [0.3, 0.4) is 0 Å². The number of hydrogen-bond acceptors (Lipinski definition) is 2. The van der Waals surface area contributed by atoms with E-state index >= 15 is 0 Å². The van der Waals surface area contributed by atoms with Crippen molar-refractivity contribution < 1.29 is 9.59 Å². The number of nitrogens with one attached hydrogen (secondary N) is 2. The van der Waals surface area contributed by atoms with Crippen molar-refractivity contribution in [1.82, 2.24) is 9.88 Å². The van der Waals surface area contributed by atoms with Gasteiger partial charge in [-0.3, -0.25) is 9.59 Å². The molecule has 1 aromatic heterocycles. The molecule has 3 aromatic rings. The highest BCUT2D eigenvalue weighted by Gasteiger charge is 2.43. The molecular weight excluding hydrogens is 326 g/mol. The van der Waals surface area contributed by atoms with Crippen LogP contribution < -0.4 is 10.6 Å². The van der Waals surface area contributed by atoms with Gasteiger partial charge < -0.3 is 15.2 Å². The van der Waals surface area contributed by atoms with E-state index in [1.165, 1.54) is 5.56 Å². The van der Waals surface area contributed by atoms with Crippen molar-refractivity contribution in [3.8, 4) is 0 Å². The van der Waals surface area contributed by atoms with Crippen LogP contribution in [0.1, 0.15) is 17.9 Å². The first kappa shape index (κ1) is 16.4. The van der Waals surface area contributed by atoms with Crippen LogP contribution in [0.25, 0.3) is 10.9 Å². The SMILES string of the molecule is CNC(=O)Cn1ccc2ccc(NC(=O)[C@H]3C[C@H]3c3ccccc3)cc21. The Balaban J connectivity index is 1.48. The van der Waals surface area contributed by atoms with E-state index in [0.29, 0.717) is 5.92 Å². The highest BCUT2D eigenvalue weighted by molar-refractivity contribution is 5.97. The number of carbonyl (C=O) groups is 2. The molecule has 2 aromatic carbocycles. The largest absolute Gasteiger partial charge is 0.358 e. The minimum absolute atomic E-state index is 0.0331. The number of hydrogen-bond donors (Lipinski definition) is 2. The molecule has 4 rings (SSSR count). The van der Waals surface area contributed by atoms with Gasteiger partial charge in [0.1, 0.15) is 6.54 Å². The van der Waals surface area contributed by atoms with Gasteiger partial charge in [-0.15, -0.1) is 0 Å². The fourth-order valence-electron chi connectivity index (χ4n) is 3.42. The lowest BCUT2D eigenvalue weighted by molar-refractivity contribution is -0.121. The monoisotopic (exact) mass is 347 g/mol. The van der Waals surface area contributed by atoms with Gasteiger partial charge in [0.15, 0.2) is 0 Å². The summed E-state index contributed by atoms with van der Waals surface area (Å²) >= 11 is 0. The van der Waals surface area contributed by atoms with Gasteiger partial charge in [-0.05, 0) is 41.5 Å². The van der Waals surface area contributed by atoms with E-state index in [2.05, 4.69) is 22.8 Å². The first-order valence-electron chi connectivity index (χ1n) is 8.81. The number of rotatable bonds is 5. The van der Waals surface area contributed by atoms with Crippen molar-refractivity contribution in [2.75, 3.05) is 12.4 Å². The topological polar surface area (TPSA) is 63.1 Å². The second-order valence-corrected chi connectivity index (χ2v) is 6.74. The molecule has 1 heterocycles. The summed E-state index contributed by atoms with van der Waals surface area (Å²) in [6.07, 6.45) is 2.78. The number of aromatic nitrogens is 1. The number of anilines is 1. The number of nitrogens with zero attached hydrogens (tertiary/aromatic N) is 1. The molecule has 26 heavy (non-hydrogen) atoms. The lowest BCUT2D eigenvalue weighted by Crippen LogP contribution is -2.23. The van der Waals surface area contributed by atoms with E-state index in [1.807, 2.05) is 53.2 Å². The first-order valence-corrected chi connectivity index (χ1v) is 8.81. The van der Waals surface area contributed by atoms with Gasteiger partial charge in [0.05, 0.1) is 5.52 Å². The maximum Gasteiger partial charge on any atom is 0.239 e. The Morgan fingerprint density at radius 2 is 1.92 bits per heavy atom. The van der Waals surface area contributed by atoms with Gasteiger partial charge >= 0.3 is 0 Å². The van der Waals surface area contributed by atoms with E-state index in [-0.39, 0.29) is 24.3 Å². The fourth-order valence-corrected chi connectivity index (χ4v) is 3.42. The van der Waals surface area contributed by atoms with Crippen molar-refractivity contribution in [1.29, 1.82) is 0 Å². The minimum Gasteiger partial charge on any atom is -0.358 e. The second-order valence-electron chi connectivity index (χ2n) is 6.74. The Hall–Kier alpha value is -3.08. The zero-order chi connectivity index (χ0) is 18.1. The summed E-state index contributed by atoms with van der Waals surface area (Å²) in [5, 5.41) is 6.70. The molecule has 0 unspecified atom stereocenters. The van der Waals surface area contributed by atoms with Crippen LogP contribution in [0.5, 0.6) is 0 Å². The fraction of sp³-hybridized carbons (Fsp3) is 0.238. The number of fused-ring (bicyclic) bond motifs is 1. The molecule has 5 nitrogen and oxygen atoms in total. The Morgan fingerprint density at radius 3 is 2.69 bits per heavy atom. The standard InChI is InChI=1S/C21H21N3O2/c1-22-20(25)13-24-10-9-15-7-8-16(11-19(15)24)23-21(26)18-12-17(18)14-5-3-2-4-6-14/h2-11,17-18H,12-13H2,1H3,(H,22,25)(H,23,26)/t17-,18-/m0/s1. The number of carbonyl (C=O) groups excluding carboxylic acids is 2. The Kier molecular flexibility index (Phi) is 4.21. The molecule has 2 N–H and O–H groups in total. The van der Waals surface area contributed by atoms with Gasteiger partial charge in [0, 0.05) is 24.8 Å². The minimum atomic E-state index is -0.0550. The van der Waals surface area contributed by atoms with Gasteiger partial charge in [0.25, 0.3) is 0 Å². The van der Waals surface area contributed by atoms with Crippen molar-refractivity contribution in [3.63, 3.8) is 0 Å². The van der Waals surface area contributed by atoms with E-state index in [9.17, 15) is 9.59 Å². The molecule has 2 atom stereocenters. The number of benzene rings is 2. The summed E-state index contributed by atoms with van der Waals surface area (Å²) in [6, 6.07) is 17.9. The van der Waals surface area contributed by atoms with Crippen LogP contribution in [-0.2, 0) is 16.1 Å². The van der Waals surface area contributed by atoms with Crippen LogP contribution in [0.4, 0.5) is 5.69 Å². The van der Waals surface area contributed by atoms with Crippen LogP contribution in [-0.4, -0.2) is 23.4 Å². The predicted molar refractivity (Wildman–Crippen MR) is 102 cm³/mol. The summed E-state index contributed by atoms with van der Waals surface area (Å²) < 4.78 is 1.88. The Bertz CT molecular complexity index is 962. The molecular formula is C21H21N3O2. The van der Waals surface area contributed by atoms with Gasteiger partial charge in [-0.2, -0.15) is 0 Å². The maximum absolute atomic E-state index is 12.6. The summed E-state index contributed by atoms with van der Waals surface area (Å²) in [6.45, 7) is 0.260. The normalized spacial score (nSPS) is 18.5. The lowest BCUT2D eigenvalue weighted by Gasteiger charge is -2.08. The maximum atomic E-state index is 12.6. The van der Waals surface area contributed by atoms with Gasteiger partial charge in [-0.1, -0.05) is 36.4 Å². The van der Waals surface area contributed by atoms with E-state index < -0.39 is 0 Å². The summed E-state index contributed by atoms with van der Waals surface area (Å²) in [5.41, 5.74) is 2.92. The molecule has 0 radical (unpaired) electrons. The van der Waals surface area contributed by atoms with E-state index in [4.69, 9.17) is 0 Å². The predicted octanol–water partition coefficient (Wildman–Crippen LogP) is 3.13. The summed E-state index contributed by atoms with van der Waals surface area (Å²) in [5.74, 6) is 0.353. The molecule has 5 heteroatoms. The Labute approximate surface area is 152 Å². The van der Waals surface area contributed by atoms with Crippen molar-refractivity contribution in [3.05, 3.63) is 66.4 Å². The molecule has 1 aliphatic rings.